The van der Waals surface area contributed by atoms with Crippen LogP contribution in [-0.2, 0) is 10.8 Å². The summed E-state index contributed by atoms with van der Waals surface area (Å²) in [5, 5.41) is 2.61. The highest BCUT2D eigenvalue weighted by Gasteiger charge is 2.53. The minimum Gasteiger partial charge on any atom is -0.457 e. The van der Waals surface area contributed by atoms with Gasteiger partial charge in [-0.2, -0.15) is 0 Å². The summed E-state index contributed by atoms with van der Waals surface area (Å²) in [7, 11) is 0. The van der Waals surface area contributed by atoms with Crippen molar-refractivity contribution in [2.45, 2.75) is 10.8 Å². The molecule has 78 heavy (non-hydrogen) atoms. The first-order valence-corrected chi connectivity index (χ1v) is 27.6. The molecular weight excluding hydrogens is 967 g/mol. The average Bonchev–Trinajstić information content (AvgIpc) is 4.21. The second kappa shape index (κ2) is 16.4. The van der Waals surface area contributed by atoms with E-state index < -0.39 is 10.8 Å². The summed E-state index contributed by atoms with van der Waals surface area (Å²) in [5.41, 5.74) is 21.3. The third-order valence-corrected chi connectivity index (χ3v) is 18.4. The van der Waals surface area contributed by atoms with E-state index in [0.29, 0.717) is 0 Å². The number of anilines is 3. The van der Waals surface area contributed by atoms with Gasteiger partial charge in [-0.1, -0.05) is 200 Å². The first-order chi connectivity index (χ1) is 38.7. The van der Waals surface area contributed by atoms with Crippen LogP contribution in [0.2, 0.25) is 0 Å². The molecule has 3 heterocycles. The van der Waals surface area contributed by atoms with Gasteiger partial charge in [0.1, 0.15) is 23.0 Å². The van der Waals surface area contributed by atoms with Crippen molar-refractivity contribution in [2.75, 3.05) is 4.90 Å². The molecule has 0 radical (unpaired) electrons. The largest absolute Gasteiger partial charge is 0.457 e. The van der Waals surface area contributed by atoms with Crippen molar-refractivity contribution in [1.82, 2.24) is 0 Å². The molecule has 2 aliphatic carbocycles. The van der Waals surface area contributed by atoms with E-state index in [-0.39, 0.29) is 0 Å². The highest BCUT2D eigenvalue weighted by Crippen LogP contribution is 2.65. The summed E-state index contributed by atoms with van der Waals surface area (Å²) in [4.78, 5) is 2.46. The van der Waals surface area contributed by atoms with Gasteiger partial charge in [-0.25, -0.2) is 0 Å². The molecule has 0 saturated heterocycles. The fourth-order valence-corrected chi connectivity index (χ4v) is 15.3. The van der Waals surface area contributed by atoms with Gasteiger partial charge in [0.25, 0.3) is 0 Å². The van der Waals surface area contributed by atoms with Gasteiger partial charge >= 0.3 is 0 Å². The van der Waals surface area contributed by atoms with Gasteiger partial charge in [0.05, 0.1) is 10.8 Å². The number of fused-ring (bicyclic) bond motifs is 21. The predicted octanol–water partition coefficient (Wildman–Crippen LogP) is 19.8. The van der Waals surface area contributed by atoms with Crippen LogP contribution in [0.5, 0.6) is 23.0 Å². The molecule has 364 valence electrons. The van der Waals surface area contributed by atoms with Crippen molar-refractivity contribution in [2.24, 2.45) is 0 Å². The molecule has 2 spiro atoms. The minimum absolute atomic E-state index is 0.572. The molecule has 1 aromatic heterocycles. The highest BCUT2D eigenvalue weighted by atomic mass is 32.1. The van der Waals surface area contributed by atoms with Crippen LogP contribution in [0.25, 0.3) is 64.7 Å². The Morgan fingerprint density at radius 2 is 0.744 bits per heavy atom. The molecule has 3 nitrogen and oxygen atoms in total. The lowest BCUT2D eigenvalue weighted by Gasteiger charge is -2.39. The van der Waals surface area contributed by atoms with Gasteiger partial charge in [0.2, 0.25) is 0 Å². The van der Waals surface area contributed by atoms with Gasteiger partial charge in [-0.15, -0.1) is 11.3 Å². The normalized spacial score (nSPS) is 14.1. The molecule has 0 unspecified atom stereocenters. The van der Waals surface area contributed by atoms with Crippen LogP contribution in [0.3, 0.4) is 0 Å². The Morgan fingerprint density at radius 3 is 1.42 bits per heavy atom. The van der Waals surface area contributed by atoms with Crippen molar-refractivity contribution in [3.63, 3.8) is 0 Å². The molecule has 0 N–H and O–H groups in total. The van der Waals surface area contributed by atoms with Crippen molar-refractivity contribution < 1.29 is 9.47 Å². The summed E-state index contributed by atoms with van der Waals surface area (Å²) in [6, 6.07) is 100. The first kappa shape index (κ1) is 43.5. The summed E-state index contributed by atoms with van der Waals surface area (Å²) in [5.74, 6) is 3.54. The van der Waals surface area contributed by atoms with E-state index in [1.54, 1.807) is 0 Å². The number of thiophene rings is 1. The lowest BCUT2D eigenvalue weighted by molar-refractivity contribution is 0.436. The van der Waals surface area contributed by atoms with E-state index in [1.165, 1.54) is 81.4 Å². The summed E-state index contributed by atoms with van der Waals surface area (Å²) in [6.07, 6.45) is 0. The van der Waals surface area contributed by atoms with E-state index in [9.17, 15) is 0 Å². The highest BCUT2D eigenvalue weighted by molar-refractivity contribution is 7.25. The van der Waals surface area contributed by atoms with Crippen molar-refractivity contribution >= 4 is 48.6 Å². The number of nitrogens with zero attached hydrogens (tertiary/aromatic N) is 1. The molecule has 17 rings (SSSR count). The Kier molecular flexibility index (Phi) is 9.14. The fraction of sp³-hybridized carbons (Fsp3) is 0.0270. The average molecular weight is 1010 g/mol. The maximum absolute atomic E-state index is 6.77. The Bertz CT molecular complexity index is 4570. The molecule has 13 aromatic rings. The third kappa shape index (κ3) is 5.82. The number of hydrogen-bond acceptors (Lipinski definition) is 4. The first-order valence-electron chi connectivity index (χ1n) is 26.8. The van der Waals surface area contributed by atoms with Crippen LogP contribution < -0.4 is 14.4 Å². The fourth-order valence-electron chi connectivity index (χ4n) is 14.2. The molecule has 4 aliphatic rings. The van der Waals surface area contributed by atoms with Crippen LogP contribution in [0.15, 0.2) is 273 Å². The summed E-state index contributed by atoms with van der Waals surface area (Å²) < 4.78 is 16.1. The molecule has 0 amide bonds. The molecule has 0 atom stereocenters. The van der Waals surface area contributed by atoms with Crippen molar-refractivity contribution in [3.8, 4) is 67.5 Å². The Labute approximate surface area is 456 Å². The van der Waals surface area contributed by atoms with Crippen LogP contribution in [-0.4, -0.2) is 0 Å². The Balaban J connectivity index is 0.887. The zero-order chi connectivity index (χ0) is 51.1. The van der Waals surface area contributed by atoms with Crippen molar-refractivity contribution in [1.29, 1.82) is 0 Å². The van der Waals surface area contributed by atoms with Crippen LogP contribution in [0.4, 0.5) is 17.1 Å². The lowest BCUT2D eigenvalue weighted by Crippen LogP contribution is -2.32. The molecular formula is C74H45NO2S. The second-order valence-corrected chi connectivity index (χ2v) is 22.0. The quantitative estimate of drug-likeness (QED) is 0.171. The standard InChI is InChI=1S/C74H45NO2S/c1-4-25-57-53(20-1)54-43-42-50(45-64(54)74(57)61-29-8-12-34-67(61)77-68-35-13-9-30-62(68)74)75(48-40-38-46(39-41-48)51-24-17-37-70-72(51)56-22-3-14-36-69(56)78-70)49-19-15-18-47(44-49)52-23-16-31-63-71(52)55-21-2-5-26-58(55)73(63)59-27-6-10-32-65(59)76-66-33-11-7-28-60(66)73/h1-45H. The van der Waals surface area contributed by atoms with Gasteiger partial charge < -0.3 is 14.4 Å². The topological polar surface area (TPSA) is 21.7 Å². The number of rotatable bonds is 5. The Morgan fingerprint density at radius 1 is 0.282 bits per heavy atom. The van der Waals surface area contributed by atoms with E-state index in [1.807, 2.05) is 11.3 Å². The van der Waals surface area contributed by atoms with E-state index in [0.717, 1.165) is 67.9 Å². The maximum Gasteiger partial charge on any atom is 0.132 e. The SMILES string of the molecule is c1cc(-c2cccc3c2-c2ccccc2C32c3ccccc3Oc3ccccc32)cc(N(c2ccc(-c3cccc4sc5ccccc5c34)cc2)c2ccc3c(c2)C2(c4ccccc4Oc4ccccc42)c2ccccc2-3)c1. The zero-order valence-electron chi connectivity index (χ0n) is 42.2. The molecule has 0 fully saturated rings. The monoisotopic (exact) mass is 1010 g/mol. The van der Waals surface area contributed by atoms with Gasteiger partial charge in [-0.3, -0.25) is 0 Å². The van der Waals surface area contributed by atoms with Crippen LogP contribution in [0.1, 0.15) is 44.5 Å². The minimum atomic E-state index is -0.623. The predicted molar refractivity (Wildman–Crippen MR) is 320 cm³/mol. The van der Waals surface area contributed by atoms with Crippen LogP contribution >= 0.6 is 11.3 Å². The summed E-state index contributed by atoms with van der Waals surface area (Å²) >= 11 is 1.86. The number of para-hydroxylation sites is 4. The van der Waals surface area contributed by atoms with E-state index in [4.69, 9.17) is 9.47 Å². The number of benzene rings is 12. The van der Waals surface area contributed by atoms with Gasteiger partial charge in [-0.05, 0) is 140 Å². The lowest BCUT2D eigenvalue weighted by atomic mass is 9.66. The zero-order valence-corrected chi connectivity index (χ0v) is 43.0. The maximum atomic E-state index is 6.77. The van der Waals surface area contributed by atoms with E-state index in [2.05, 4.69) is 278 Å². The molecule has 4 heteroatoms. The molecule has 2 aliphatic heterocycles. The summed E-state index contributed by atoms with van der Waals surface area (Å²) in [6.45, 7) is 0. The second-order valence-electron chi connectivity index (χ2n) is 20.9. The number of ether oxygens (including phenoxy) is 2. The Hall–Kier alpha value is -9.74. The van der Waals surface area contributed by atoms with Crippen LogP contribution in [0, 0.1) is 0 Å². The smallest absolute Gasteiger partial charge is 0.132 e. The van der Waals surface area contributed by atoms with E-state index >= 15 is 0 Å². The van der Waals surface area contributed by atoms with Gasteiger partial charge in [0.15, 0.2) is 0 Å². The molecule has 0 bridgehead atoms. The van der Waals surface area contributed by atoms with Crippen molar-refractivity contribution in [3.05, 3.63) is 317 Å². The number of hydrogen-bond donors (Lipinski definition) is 0. The molecule has 0 saturated carbocycles. The molecule has 12 aromatic carbocycles. The van der Waals surface area contributed by atoms with Gasteiger partial charge in [0, 0.05) is 59.5 Å². The third-order valence-electron chi connectivity index (χ3n) is 17.2.